The first-order chi connectivity index (χ1) is 20.0. The van der Waals surface area contributed by atoms with Crippen LogP contribution in [0.3, 0.4) is 0 Å². The first-order valence-electron chi connectivity index (χ1n) is 13.3. The van der Waals surface area contributed by atoms with E-state index in [0.717, 1.165) is 48.4 Å². The van der Waals surface area contributed by atoms with E-state index >= 15 is 0 Å². The minimum atomic E-state index is -4.75. The highest BCUT2D eigenvalue weighted by Crippen LogP contribution is 2.34. The van der Waals surface area contributed by atoms with Gasteiger partial charge in [0.15, 0.2) is 11.6 Å². The second kappa shape index (κ2) is 11.7. The summed E-state index contributed by atoms with van der Waals surface area (Å²) < 4.78 is 68.7. The summed E-state index contributed by atoms with van der Waals surface area (Å²) in [5.74, 6) is -7.16. The second-order valence-electron chi connectivity index (χ2n) is 10.3. The number of hydrogen-bond acceptors (Lipinski definition) is 7. The van der Waals surface area contributed by atoms with Crippen LogP contribution < -0.4 is 4.90 Å². The minimum absolute atomic E-state index is 0.0331. The van der Waals surface area contributed by atoms with Crippen molar-refractivity contribution in [1.29, 1.82) is 0 Å². The number of carbonyl (C=O) groups is 2. The van der Waals surface area contributed by atoms with Crippen molar-refractivity contribution >= 4 is 27.6 Å². The van der Waals surface area contributed by atoms with E-state index in [1.165, 1.54) is 18.7 Å². The Labute approximate surface area is 239 Å². The molecule has 5 rings (SSSR count). The maximum Gasteiger partial charge on any atom is 0.339 e. The first-order valence-corrected chi connectivity index (χ1v) is 14.8. The molecule has 2 aromatic carbocycles. The van der Waals surface area contributed by atoms with Gasteiger partial charge in [0.2, 0.25) is 15.9 Å². The number of nitrogens with zero attached hydrogens (tertiary/aromatic N) is 4. The standard InChI is InChI=1S/C28H27F3N4O6S/c29-20-11-22(31)26(12-21(20)30)42(40,41)35-9-8-24(35)27(37)34(18-6-7-19(28(38)39)25(36)10-18)15-17-13-33-23(14-32-17)16-4-2-1-3-5-16/h6-7,10-14,16,24,36H,1-5,8-9,15H2,(H,38,39)/t24-/m1/s1. The van der Waals surface area contributed by atoms with E-state index in [1.807, 2.05) is 0 Å². The van der Waals surface area contributed by atoms with Crippen molar-refractivity contribution in [2.24, 2.45) is 0 Å². The van der Waals surface area contributed by atoms with E-state index < -0.39 is 61.6 Å². The zero-order valence-corrected chi connectivity index (χ0v) is 23.0. The number of aromatic hydroxyl groups is 1. The van der Waals surface area contributed by atoms with Crippen LogP contribution in [-0.2, 0) is 21.4 Å². The summed E-state index contributed by atoms with van der Waals surface area (Å²) in [7, 11) is -4.75. The number of hydrogen-bond donors (Lipinski definition) is 2. The maximum atomic E-state index is 14.4. The van der Waals surface area contributed by atoms with Crippen molar-refractivity contribution in [3.63, 3.8) is 0 Å². The molecule has 10 nitrogen and oxygen atoms in total. The van der Waals surface area contributed by atoms with Crippen LogP contribution in [0.2, 0.25) is 0 Å². The number of rotatable bonds is 8. The Bertz CT molecular complexity index is 1630. The van der Waals surface area contributed by atoms with Crippen LogP contribution in [0.4, 0.5) is 18.9 Å². The smallest absolute Gasteiger partial charge is 0.339 e. The number of halogens is 3. The van der Waals surface area contributed by atoms with Gasteiger partial charge in [0, 0.05) is 36.5 Å². The molecular weight excluding hydrogens is 577 g/mol. The predicted molar refractivity (Wildman–Crippen MR) is 143 cm³/mol. The molecule has 1 saturated heterocycles. The van der Waals surface area contributed by atoms with Crippen LogP contribution in [0, 0.1) is 17.5 Å². The number of aromatic nitrogens is 2. The molecule has 222 valence electrons. The van der Waals surface area contributed by atoms with Gasteiger partial charge in [0.25, 0.3) is 0 Å². The molecule has 3 aromatic rings. The van der Waals surface area contributed by atoms with Crippen molar-refractivity contribution in [3.05, 3.63) is 77.1 Å². The van der Waals surface area contributed by atoms with Gasteiger partial charge >= 0.3 is 5.97 Å². The quantitative estimate of drug-likeness (QED) is 0.362. The molecule has 2 aliphatic rings. The highest BCUT2D eigenvalue weighted by molar-refractivity contribution is 7.89. The van der Waals surface area contributed by atoms with Gasteiger partial charge in [0.05, 0.1) is 24.1 Å². The number of carbonyl (C=O) groups excluding carboxylic acids is 1. The van der Waals surface area contributed by atoms with Gasteiger partial charge in [-0.25, -0.2) is 26.4 Å². The Morgan fingerprint density at radius 2 is 1.67 bits per heavy atom. The number of anilines is 1. The van der Waals surface area contributed by atoms with E-state index in [1.54, 1.807) is 6.20 Å². The molecule has 1 atom stereocenters. The molecule has 0 bridgehead atoms. The molecule has 42 heavy (non-hydrogen) atoms. The lowest BCUT2D eigenvalue weighted by Gasteiger charge is -2.41. The fourth-order valence-corrected chi connectivity index (χ4v) is 6.98. The molecule has 1 amide bonds. The normalized spacial score (nSPS) is 17.9. The van der Waals surface area contributed by atoms with Crippen molar-refractivity contribution in [2.75, 3.05) is 11.4 Å². The predicted octanol–water partition coefficient (Wildman–Crippen LogP) is 4.34. The van der Waals surface area contributed by atoms with Gasteiger partial charge in [0.1, 0.15) is 28.1 Å². The van der Waals surface area contributed by atoms with Gasteiger partial charge in [-0.15, -0.1) is 0 Å². The Hall–Kier alpha value is -4.04. The highest BCUT2D eigenvalue weighted by atomic mass is 32.2. The Balaban J connectivity index is 1.46. The van der Waals surface area contributed by atoms with Crippen molar-refractivity contribution in [1.82, 2.24) is 14.3 Å². The minimum Gasteiger partial charge on any atom is -0.507 e. The van der Waals surface area contributed by atoms with Gasteiger partial charge < -0.3 is 15.1 Å². The van der Waals surface area contributed by atoms with E-state index in [4.69, 9.17) is 0 Å². The summed E-state index contributed by atoms with van der Waals surface area (Å²) in [6.45, 7) is -0.406. The largest absolute Gasteiger partial charge is 0.507 e. The fourth-order valence-electron chi connectivity index (χ4n) is 5.29. The summed E-state index contributed by atoms with van der Waals surface area (Å²) in [6, 6.07) is 2.42. The molecule has 2 heterocycles. The molecular formula is C28H27F3N4O6S. The van der Waals surface area contributed by atoms with Crippen LogP contribution in [-0.4, -0.2) is 57.4 Å². The molecule has 1 aromatic heterocycles. The van der Waals surface area contributed by atoms with Crippen LogP contribution in [0.15, 0.2) is 47.6 Å². The molecule has 14 heteroatoms. The van der Waals surface area contributed by atoms with Crippen molar-refractivity contribution < 1.29 is 41.4 Å². The molecule has 1 aliphatic heterocycles. The monoisotopic (exact) mass is 604 g/mol. The third-order valence-corrected chi connectivity index (χ3v) is 9.60. The number of benzene rings is 2. The average Bonchev–Trinajstić information content (AvgIpc) is 2.93. The SMILES string of the molecule is O=C(O)c1ccc(N(Cc2cnc(C3CCCCC3)cn2)C(=O)[C@H]2CCN2S(=O)(=O)c2cc(F)c(F)cc2F)cc1O. The zero-order valence-electron chi connectivity index (χ0n) is 22.2. The summed E-state index contributed by atoms with van der Waals surface area (Å²) in [4.78, 5) is 34.2. The lowest BCUT2D eigenvalue weighted by atomic mass is 9.87. The molecule has 0 spiro atoms. The van der Waals surface area contributed by atoms with Crippen molar-refractivity contribution in [3.8, 4) is 5.75 Å². The van der Waals surface area contributed by atoms with Gasteiger partial charge in [-0.3, -0.25) is 14.8 Å². The average molecular weight is 605 g/mol. The van der Waals surface area contributed by atoms with E-state index in [9.17, 15) is 41.4 Å². The summed E-state index contributed by atoms with van der Waals surface area (Å²) in [6.07, 6.45) is 8.53. The van der Waals surface area contributed by atoms with Gasteiger partial charge in [-0.1, -0.05) is 19.3 Å². The van der Waals surface area contributed by atoms with Crippen molar-refractivity contribution in [2.45, 2.75) is 61.9 Å². The summed E-state index contributed by atoms with van der Waals surface area (Å²) in [5, 5.41) is 19.6. The second-order valence-corrected chi connectivity index (χ2v) is 12.2. The Kier molecular flexibility index (Phi) is 8.19. The number of sulfonamides is 1. The number of aromatic carboxylic acids is 1. The number of phenols is 1. The molecule has 1 aliphatic carbocycles. The molecule has 0 unspecified atom stereocenters. The number of carboxylic acid groups (broad SMARTS) is 1. The van der Waals surface area contributed by atoms with Crippen LogP contribution in [0.5, 0.6) is 5.75 Å². The van der Waals surface area contributed by atoms with Crippen LogP contribution in [0.25, 0.3) is 0 Å². The van der Waals surface area contributed by atoms with E-state index in [2.05, 4.69) is 9.97 Å². The van der Waals surface area contributed by atoms with E-state index in [0.29, 0.717) is 10.00 Å². The van der Waals surface area contributed by atoms with Crippen LogP contribution >= 0.6 is 0 Å². The van der Waals surface area contributed by atoms with E-state index in [-0.39, 0.29) is 43.2 Å². The molecule has 2 N–H and O–H groups in total. The third-order valence-electron chi connectivity index (χ3n) is 7.68. The lowest BCUT2D eigenvalue weighted by Crippen LogP contribution is -2.59. The van der Waals surface area contributed by atoms with Gasteiger partial charge in [-0.05, 0) is 37.5 Å². The maximum absolute atomic E-state index is 14.4. The molecule has 1 saturated carbocycles. The van der Waals surface area contributed by atoms with Gasteiger partial charge in [-0.2, -0.15) is 4.31 Å². The molecule has 2 fully saturated rings. The number of carboxylic acids is 1. The summed E-state index contributed by atoms with van der Waals surface area (Å²) in [5.41, 5.74) is 0.794. The Morgan fingerprint density at radius 3 is 2.26 bits per heavy atom. The fraction of sp³-hybridized carbons (Fsp3) is 0.357. The first kappa shape index (κ1) is 29.5. The van der Waals surface area contributed by atoms with Crippen LogP contribution in [0.1, 0.15) is 66.2 Å². The third kappa shape index (κ3) is 5.68. The Morgan fingerprint density at radius 1 is 0.952 bits per heavy atom. The number of amides is 1. The highest BCUT2D eigenvalue weighted by Gasteiger charge is 2.46. The summed E-state index contributed by atoms with van der Waals surface area (Å²) >= 11 is 0. The molecule has 0 radical (unpaired) electrons. The lowest BCUT2D eigenvalue weighted by molar-refractivity contribution is -0.125. The zero-order chi connectivity index (χ0) is 30.2. The topological polar surface area (TPSA) is 141 Å².